The Hall–Kier alpha value is -16.4. The van der Waals surface area contributed by atoms with Gasteiger partial charge >= 0.3 is 0 Å². The van der Waals surface area contributed by atoms with E-state index in [1.165, 1.54) is 170 Å². The molecule has 0 atom stereocenters. The second-order valence-corrected chi connectivity index (χ2v) is 32.3. The Morgan fingerprint density at radius 1 is 0.146 bits per heavy atom. The summed E-state index contributed by atoms with van der Waals surface area (Å²) < 4.78 is 7.29. The number of pyridine rings is 3. The molecule has 3 aliphatic carbocycles. The third kappa shape index (κ3) is 11.1. The second kappa shape index (κ2) is 28.1. The lowest BCUT2D eigenvalue weighted by atomic mass is 9.93. The summed E-state index contributed by atoms with van der Waals surface area (Å²) in [6, 6.07) is 155. The van der Waals surface area contributed by atoms with Crippen LogP contribution in [-0.4, -0.2) is 28.7 Å². The van der Waals surface area contributed by atoms with Gasteiger partial charge in [0.25, 0.3) is 0 Å². The highest BCUT2D eigenvalue weighted by molar-refractivity contribution is 6.33. The summed E-state index contributed by atoms with van der Waals surface area (Å²) in [7, 11) is 0. The van der Waals surface area contributed by atoms with Gasteiger partial charge in [-0.05, 0) is 208 Å². The first-order valence-electron chi connectivity index (χ1n) is 42.2. The molecule has 6 aromatic heterocycles. The Bertz CT molecular complexity index is 8460. The molecule has 570 valence electrons. The predicted octanol–water partition coefficient (Wildman–Crippen LogP) is 30.9. The fraction of sp³-hybridized carbons (Fsp3) is 0. The first-order valence-corrected chi connectivity index (χ1v) is 42.2. The van der Waals surface area contributed by atoms with Gasteiger partial charge in [-0.25, -0.2) is 9.97 Å². The van der Waals surface area contributed by atoms with Crippen LogP contribution >= 0.6 is 0 Å². The van der Waals surface area contributed by atoms with E-state index in [1.807, 2.05) is 24.4 Å². The number of nitrogens with zero attached hydrogens (tertiary/aromatic N) is 6. The molecule has 6 nitrogen and oxygen atoms in total. The molecule has 0 saturated carbocycles. The molecule has 27 rings (SSSR count). The van der Waals surface area contributed by atoms with E-state index >= 15 is 0 Å². The minimum Gasteiger partial charge on any atom is -0.309 e. The van der Waals surface area contributed by atoms with E-state index in [0.717, 1.165) is 78.9 Å². The SMILES string of the molecule is c1ccc(-c2ccc(-c3cccc(-n4c5cccc6c5c5c7c(cccc7ccc54)-c4ccccc4-6)c3)nc2)cc1.c1ccc(-c2cccc(-c3ccc(-n4c5cccc6c5c5c7c(cccc7ccc54)-c4ccccc4-6)cc3)n2)cc1.c1ccc(-c2cccc(-c3cccc(-n4c5cccc6c5c5c7c(cccc7ccc54)-c4ccccc4-6)c3)n2)cc1. The average molecular weight is 1560 g/mol. The maximum Gasteiger partial charge on any atom is 0.0710 e. The summed E-state index contributed by atoms with van der Waals surface area (Å²) in [5.74, 6) is 0. The summed E-state index contributed by atoms with van der Waals surface area (Å²) in [5.41, 5.74) is 39.1. The highest BCUT2D eigenvalue weighted by Crippen LogP contribution is 2.54. The molecule has 0 unspecified atom stereocenters. The third-order valence-corrected chi connectivity index (χ3v) is 25.6. The molecule has 18 aromatic carbocycles. The molecule has 0 saturated heterocycles. The number of hydrogen-bond acceptors (Lipinski definition) is 3. The quantitative estimate of drug-likeness (QED) is 0.145. The maximum atomic E-state index is 5.05. The van der Waals surface area contributed by atoms with Crippen LogP contribution in [0.4, 0.5) is 0 Å². The molecule has 6 heterocycles. The maximum absolute atomic E-state index is 5.05. The minimum absolute atomic E-state index is 0.968. The van der Waals surface area contributed by atoms with Crippen molar-refractivity contribution >= 4 is 97.7 Å². The van der Waals surface area contributed by atoms with Crippen LogP contribution in [0.25, 0.3) is 249 Å². The van der Waals surface area contributed by atoms with Gasteiger partial charge in [0.1, 0.15) is 0 Å². The molecule has 0 bridgehead atoms. The largest absolute Gasteiger partial charge is 0.309 e. The fourth-order valence-corrected chi connectivity index (χ4v) is 20.3. The van der Waals surface area contributed by atoms with Gasteiger partial charge in [0, 0.05) is 89.0 Å². The van der Waals surface area contributed by atoms with Crippen molar-refractivity contribution in [2.75, 3.05) is 0 Å². The zero-order valence-corrected chi connectivity index (χ0v) is 66.8. The monoisotopic (exact) mass is 1560 g/mol. The molecule has 0 spiro atoms. The van der Waals surface area contributed by atoms with Gasteiger partial charge in [-0.3, -0.25) is 4.98 Å². The van der Waals surface area contributed by atoms with Crippen molar-refractivity contribution in [2.24, 2.45) is 0 Å². The molecule has 0 fully saturated rings. The smallest absolute Gasteiger partial charge is 0.0710 e. The molecular weight excluding hydrogens is 1490 g/mol. The van der Waals surface area contributed by atoms with Crippen molar-refractivity contribution in [1.29, 1.82) is 0 Å². The minimum atomic E-state index is 0.968. The summed E-state index contributed by atoms with van der Waals surface area (Å²) in [4.78, 5) is 14.9. The molecule has 0 radical (unpaired) electrons. The Balaban J connectivity index is 0.000000101. The van der Waals surface area contributed by atoms with Gasteiger partial charge in [0.05, 0.1) is 61.6 Å². The molecule has 0 aliphatic heterocycles. The van der Waals surface area contributed by atoms with Crippen LogP contribution in [0, 0.1) is 0 Å². The van der Waals surface area contributed by atoms with Gasteiger partial charge < -0.3 is 13.7 Å². The van der Waals surface area contributed by atoms with Crippen LogP contribution in [-0.2, 0) is 0 Å². The summed E-state index contributed by atoms with van der Waals surface area (Å²) >= 11 is 0. The van der Waals surface area contributed by atoms with Gasteiger partial charge in [-0.2, -0.15) is 0 Å². The second-order valence-electron chi connectivity index (χ2n) is 32.3. The van der Waals surface area contributed by atoms with Crippen molar-refractivity contribution in [2.45, 2.75) is 0 Å². The molecule has 6 heteroatoms. The molecule has 3 aliphatic rings. The first kappa shape index (κ1) is 69.7. The molecule has 24 aromatic rings. The fourth-order valence-electron chi connectivity index (χ4n) is 20.3. The average Bonchev–Trinajstić information content (AvgIpc) is 1.56. The van der Waals surface area contributed by atoms with Crippen molar-refractivity contribution in [3.8, 4) is 151 Å². The van der Waals surface area contributed by atoms with E-state index < -0.39 is 0 Å². The topological polar surface area (TPSA) is 53.5 Å². The van der Waals surface area contributed by atoms with Crippen molar-refractivity contribution in [3.63, 3.8) is 0 Å². The van der Waals surface area contributed by atoms with E-state index in [2.05, 4.69) is 426 Å². The lowest BCUT2D eigenvalue weighted by Gasteiger charge is -2.14. The summed E-state index contributed by atoms with van der Waals surface area (Å²) in [6.45, 7) is 0. The number of fused-ring (bicyclic) bond motifs is 9. The Morgan fingerprint density at radius 2 is 0.423 bits per heavy atom. The zero-order valence-electron chi connectivity index (χ0n) is 66.8. The summed E-state index contributed by atoms with van der Waals surface area (Å²) in [6.07, 6.45) is 1.97. The first-order chi connectivity index (χ1) is 61.0. The van der Waals surface area contributed by atoms with E-state index in [1.54, 1.807) is 0 Å². The zero-order chi connectivity index (χ0) is 80.7. The number of benzene rings is 18. The van der Waals surface area contributed by atoms with Crippen LogP contribution in [0.3, 0.4) is 0 Å². The van der Waals surface area contributed by atoms with Crippen LogP contribution in [0.2, 0.25) is 0 Å². The highest BCUT2D eigenvalue weighted by atomic mass is 15.0. The Morgan fingerprint density at radius 3 is 0.797 bits per heavy atom. The van der Waals surface area contributed by atoms with Crippen molar-refractivity contribution < 1.29 is 0 Å². The third-order valence-electron chi connectivity index (χ3n) is 25.6. The van der Waals surface area contributed by atoms with Crippen LogP contribution in [0.1, 0.15) is 0 Å². The Labute approximate surface area is 709 Å². The predicted molar refractivity (Wildman–Crippen MR) is 514 cm³/mol. The van der Waals surface area contributed by atoms with Crippen molar-refractivity contribution in [1.82, 2.24) is 28.7 Å². The Kier molecular flexibility index (Phi) is 15.9. The van der Waals surface area contributed by atoms with E-state index in [4.69, 9.17) is 15.0 Å². The van der Waals surface area contributed by atoms with Gasteiger partial charge in [-0.1, -0.05) is 328 Å². The number of aromatic nitrogens is 6. The molecule has 0 amide bonds. The number of rotatable bonds is 9. The van der Waals surface area contributed by atoms with E-state index in [9.17, 15) is 0 Å². The lowest BCUT2D eigenvalue weighted by molar-refractivity contribution is 1.18. The van der Waals surface area contributed by atoms with Crippen LogP contribution < -0.4 is 0 Å². The number of hydrogen-bond donors (Lipinski definition) is 0. The highest BCUT2D eigenvalue weighted by Gasteiger charge is 2.29. The van der Waals surface area contributed by atoms with Gasteiger partial charge in [0.15, 0.2) is 0 Å². The molecule has 123 heavy (non-hydrogen) atoms. The van der Waals surface area contributed by atoms with E-state index in [0.29, 0.717) is 0 Å². The van der Waals surface area contributed by atoms with Crippen molar-refractivity contribution in [3.05, 3.63) is 437 Å². The van der Waals surface area contributed by atoms with Crippen LogP contribution in [0.5, 0.6) is 0 Å². The van der Waals surface area contributed by atoms with E-state index in [-0.39, 0.29) is 0 Å². The van der Waals surface area contributed by atoms with Gasteiger partial charge in [-0.15, -0.1) is 0 Å². The normalized spacial score (nSPS) is 11.9. The summed E-state index contributed by atoms with van der Waals surface area (Å²) in [5, 5.41) is 15.8. The van der Waals surface area contributed by atoms with Gasteiger partial charge in [0.2, 0.25) is 0 Å². The molecular formula is C117H72N6. The lowest BCUT2D eigenvalue weighted by Crippen LogP contribution is -1.96. The standard InChI is InChI=1S/3C39H24N2/c1-2-10-25(11-3-1)33-19-9-20-34(40-33)27-13-6-14-28(24-27)41-35-21-8-18-32-30-16-5-4-15-29(30)31-17-7-12-26-22-23-36(41)39(37(26)31)38(32)35;1-2-9-25(10-3-1)28-19-21-34(40-24-28)27-12-6-13-29(23-27)41-35-18-8-17-33-31-15-5-4-14-30(31)32-16-7-11-26-20-22-36(41)39(37(26)32)38(33)35;1-2-9-25(10-3-1)33-16-8-17-34(40-33)26-19-22-28(23-20-26)41-35-18-7-15-32-30-13-5-4-12-29(30)31-14-6-11-27-21-24-36(41)39(37(27)31)38(32)35/h3*1-24H. The van der Waals surface area contributed by atoms with Crippen LogP contribution in [0.15, 0.2) is 437 Å². The molecule has 0 N–H and O–H groups in total.